The van der Waals surface area contributed by atoms with Gasteiger partial charge in [-0.3, -0.25) is 0 Å². The molecule has 0 radical (unpaired) electrons. The van der Waals surface area contributed by atoms with Gasteiger partial charge < -0.3 is 14.9 Å². The Kier molecular flexibility index (Phi) is 3.60. The van der Waals surface area contributed by atoms with E-state index >= 15 is 0 Å². The highest BCUT2D eigenvalue weighted by molar-refractivity contribution is 7.99. The van der Waals surface area contributed by atoms with Crippen molar-refractivity contribution in [1.29, 1.82) is 0 Å². The Hall–Kier alpha value is -0.910. The first kappa shape index (κ1) is 13.1. The van der Waals surface area contributed by atoms with Crippen molar-refractivity contribution in [2.24, 2.45) is 11.8 Å². The molecule has 3 unspecified atom stereocenters. The van der Waals surface area contributed by atoms with Crippen LogP contribution in [0.1, 0.15) is 19.3 Å². The molecular weight excluding hydrogens is 264 g/mol. The molecule has 2 saturated heterocycles. The van der Waals surface area contributed by atoms with E-state index in [0.717, 1.165) is 18.8 Å². The predicted octanol–water partition coefficient (Wildman–Crippen LogP) is 1.34. The average molecular weight is 284 g/mol. The normalized spacial score (nSPS) is 34.4. The molecule has 0 bridgehead atoms. The highest BCUT2D eigenvalue weighted by atomic mass is 32.2. The minimum absolute atomic E-state index is 0.0536. The van der Waals surface area contributed by atoms with Crippen LogP contribution < -0.4 is 0 Å². The predicted molar refractivity (Wildman–Crippen MR) is 73.3 cm³/mol. The van der Waals surface area contributed by atoms with Gasteiger partial charge in [-0.25, -0.2) is 9.59 Å². The van der Waals surface area contributed by atoms with Crippen LogP contribution in [-0.2, 0) is 4.79 Å². The van der Waals surface area contributed by atoms with Gasteiger partial charge in [0.1, 0.15) is 6.04 Å². The van der Waals surface area contributed by atoms with Gasteiger partial charge in [0.25, 0.3) is 0 Å². The molecule has 1 N–H and O–H groups in total. The summed E-state index contributed by atoms with van der Waals surface area (Å²) in [7, 11) is 0. The molecule has 2 amide bonds. The quantitative estimate of drug-likeness (QED) is 0.789. The van der Waals surface area contributed by atoms with Crippen molar-refractivity contribution in [3.05, 3.63) is 0 Å². The van der Waals surface area contributed by atoms with Gasteiger partial charge >= 0.3 is 12.0 Å². The minimum atomic E-state index is -0.875. The summed E-state index contributed by atoms with van der Waals surface area (Å²) in [4.78, 5) is 27.2. The molecule has 3 rings (SSSR count). The minimum Gasteiger partial charge on any atom is -0.480 e. The number of urea groups is 1. The number of nitrogens with zero attached hydrogens (tertiary/aromatic N) is 2. The van der Waals surface area contributed by atoms with E-state index < -0.39 is 12.0 Å². The van der Waals surface area contributed by atoms with Crippen molar-refractivity contribution >= 4 is 23.8 Å². The lowest BCUT2D eigenvalue weighted by Gasteiger charge is -2.35. The molecule has 1 saturated carbocycles. The average Bonchev–Trinajstić information content (AvgIpc) is 2.98. The molecule has 2 heterocycles. The van der Waals surface area contributed by atoms with Crippen LogP contribution in [0.2, 0.25) is 0 Å². The Morgan fingerprint density at radius 3 is 2.47 bits per heavy atom. The van der Waals surface area contributed by atoms with Gasteiger partial charge in [-0.15, -0.1) is 0 Å². The number of carboxylic acid groups (broad SMARTS) is 1. The van der Waals surface area contributed by atoms with Crippen molar-refractivity contribution < 1.29 is 14.7 Å². The zero-order chi connectivity index (χ0) is 13.4. The van der Waals surface area contributed by atoms with Crippen LogP contribution in [0.4, 0.5) is 4.79 Å². The summed E-state index contributed by atoms with van der Waals surface area (Å²) in [5, 5.41) is 9.24. The lowest BCUT2D eigenvalue weighted by molar-refractivity contribution is -0.141. The number of hydrogen-bond acceptors (Lipinski definition) is 3. The van der Waals surface area contributed by atoms with Gasteiger partial charge in [0, 0.05) is 31.1 Å². The standard InChI is InChI=1S/C13H20N2O3S/c16-12(17)11-8-19-5-4-15(11)13(18)14-6-9-2-1-3-10(9)7-14/h9-11H,1-8H2,(H,16,17). The summed E-state index contributed by atoms with van der Waals surface area (Å²) in [6.07, 6.45) is 3.74. The van der Waals surface area contributed by atoms with Crippen molar-refractivity contribution in [2.75, 3.05) is 31.1 Å². The third-order valence-corrected chi connectivity index (χ3v) is 5.68. The Labute approximate surface area is 117 Å². The molecule has 19 heavy (non-hydrogen) atoms. The van der Waals surface area contributed by atoms with E-state index in [1.807, 2.05) is 4.90 Å². The number of hydrogen-bond donors (Lipinski definition) is 1. The largest absolute Gasteiger partial charge is 0.480 e. The SMILES string of the molecule is O=C(O)C1CSCCN1C(=O)N1CC2CCCC2C1. The summed E-state index contributed by atoms with van der Waals surface area (Å²) in [6.45, 7) is 2.23. The molecule has 0 spiro atoms. The zero-order valence-electron chi connectivity index (χ0n) is 11.0. The summed E-state index contributed by atoms with van der Waals surface area (Å²) >= 11 is 1.62. The fraction of sp³-hybridized carbons (Fsp3) is 0.846. The number of thioether (sulfide) groups is 1. The Balaban J connectivity index is 1.67. The Bertz CT molecular complexity index is 378. The monoisotopic (exact) mass is 284 g/mol. The van der Waals surface area contributed by atoms with Crippen LogP contribution >= 0.6 is 11.8 Å². The number of fused-ring (bicyclic) bond motifs is 1. The maximum absolute atomic E-state index is 12.5. The molecule has 3 atom stereocenters. The van der Waals surface area contributed by atoms with E-state index in [-0.39, 0.29) is 6.03 Å². The van der Waals surface area contributed by atoms with Gasteiger partial charge in [-0.05, 0) is 24.7 Å². The van der Waals surface area contributed by atoms with Gasteiger partial charge in [0.2, 0.25) is 0 Å². The second kappa shape index (κ2) is 5.23. The molecule has 3 aliphatic rings. The molecule has 0 aromatic carbocycles. The maximum Gasteiger partial charge on any atom is 0.327 e. The highest BCUT2D eigenvalue weighted by Gasteiger charge is 2.42. The van der Waals surface area contributed by atoms with Gasteiger partial charge in [-0.2, -0.15) is 11.8 Å². The zero-order valence-corrected chi connectivity index (χ0v) is 11.8. The van der Waals surface area contributed by atoms with Crippen molar-refractivity contribution in [2.45, 2.75) is 25.3 Å². The first-order valence-electron chi connectivity index (χ1n) is 7.03. The van der Waals surface area contributed by atoms with E-state index in [9.17, 15) is 14.7 Å². The van der Waals surface area contributed by atoms with E-state index in [0.29, 0.717) is 24.1 Å². The smallest absolute Gasteiger partial charge is 0.327 e. The lowest BCUT2D eigenvalue weighted by atomic mass is 10.0. The third kappa shape index (κ3) is 2.42. The molecule has 1 aliphatic carbocycles. The van der Waals surface area contributed by atoms with E-state index in [1.165, 1.54) is 19.3 Å². The number of carboxylic acids is 1. The van der Waals surface area contributed by atoms with Crippen LogP contribution in [0.25, 0.3) is 0 Å². The summed E-state index contributed by atoms with van der Waals surface area (Å²) < 4.78 is 0. The van der Waals surface area contributed by atoms with Crippen LogP contribution in [-0.4, -0.2) is 64.1 Å². The molecule has 2 aliphatic heterocycles. The molecule has 5 nitrogen and oxygen atoms in total. The van der Waals surface area contributed by atoms with Crippen LogP contribution in [0.3, 0.4) is 0 Å². The van der Waals surface area contributed by atoms with E-state index in [1.54, 1.807) is 16.7 Å². The first-order chi connectivity index (χ1) is 9.16. The fourth-order valence-electron chi connectivity index (χ4n) is 3.61. The van der Waals surface area contributed by atoms with E-state index in [4.69, 9.17) is 0 Å². The highest BCUT2D eigenvalue weighted by Crippen LogP contribution is 2.38. The van der Waals surface area contributed by atoms with Crippen LogP contribution in [0.5, 0.6) is 0 Å². The van der Waals surface area contributed by atoms with Crippen molar-refractivity contribution in [1.82, 2.24) is 9.80 Å². The van der Waals surface area contributed by atoms with Crippen molar-refractivity contribution in [3.8, 4) is 0 Å². The van der Waals surface area contributed by atoms with Gasteiger partial charge in [-0.1, -0.05) is 6.42 Å². The summed E-state index contributed by atoms with van der Waals surface area (Å²) in [5.41, 5.74) is 0. The van der Waals surface area contributed by atoms with E-state index in [2.05, 4.69) is 0 Å². The third-order valence-electron chi connectivity index (χ3n) is 4.66. The topological polar surface area (TPSA) is 60.9 Å². The molecule has 0 aromatic rings. The van der Waals surface area contributed by atoms with Crippen molar-refractivity contribution in [3.63, 3.8) is 0 Å². The Morgan fingerprint density at radius 1 is 1.16 bits per heavy atom. The number of aliphatic carboxylic acids is 1. The number of carbonyl (C=O) groups excluding carboxylic acids is 1. The molecular formula is C13H20N2O3S. The number of carbonyl (C=O) groups is 2. The molecule has 3 fully saturated rings. The molecule has 0 aromatic heterocycles. The maximum atomic E-state index is 12.5. The Morgan fingerprint density at radius 2 is 1.84 bits per heavy atom. The van der Waals surface area contributed by atoms with Gasteiger partial charge in [0.05, 0.1) is 0 Å². The fourth-order valence-corrected chi connectivity index (χ4v) is 4.65. The molecule has 6 heteroatoms. The van der Waals surface area contributed by atoms with Crippen LogP contribution in [0.15, 0.2) is 0 Å². The summed E-state index contributed by atoms with van der Waals surface area (Å²) in [6, 6.07) is -0.700. The number of amides is 2. The summed E-state index contributed by atoms with van der Waals surface area (Å²) in [5.74, 6) is 1.80. The second-order valence-corrected chi connectivity index (χ2v) is 6.91. The second-order valence-electron chi connectivity index (χ2n) is 5.76. The lowest BCUT2D eigenvalue weighted by Crippen LogP contribution is -2.54. The molecule has 106 valence electrons. The van der Waals surface area contributed by atoms with Gasteiger partial charge in [0.15, 0.2) is 0 Å². The van der Waals surface area contributed by atoms with Crippen LogP contribution in [0, 0.1) is 11.8 Å². The first-order valence-corrected chi connectivity index (χ1v) is 8.18. The number of likely N-dealkylation sites (tertiary alicyclic amines) is 1. The number of rotatable bonds is 1.